The highest BCUT2D eigenvalue weighted by Gasteiger charge is 2.19. The third-order valence-corrected chi connectivity index (χ3v) is 5.13. The molecule has 3 rings (SSSR count). The monoisotopic (exact) mass is 392 g/mol. The Morgan fingerprint density at radius 3 is 2.41 bits per heavy atom. The standard InChI is InChI=1S/C24H28N2O3/c1-4-6-7-12-21(27)25-24-22(17-13-15-18(29-3)16-14-17)23(28)19-10-8-9-11-20(19)26(24)5-2/h8-11,13-16H,4-7,12H2,1-3H3,(H,25,27). The van der Waals surface area contributed by atoms with Crippen LogP contribution in [-0.4, -0.2) is 17.6 Å². The van der Waals surface area contributed by atoms with E-state index in [-0.39, 0.29) is 11.3 Å². The largest absolute Gasteiger partial charge is 0.497 e. The SMILES string of the molecule is CCCCCC(=O)Nc1c(-c2ccc(OC)cc2)c(=O)c2ccccc2n1CC. The maximum atomic E-state index is 13.4. The number of hydrogen-bond acceptors (Lipinski definition) is 3. The summed E-state index contributed by atoms with van der Waals surface area (Å²) in [7, 11) is 1.61. The van der Waals surface area contributed by atoms with Crippen molar-refractivity contribution in [1.29, 1.82) is 0 Å². The molecule has 3 aromatic rings. The Morgan fingerprint density at radius 2 is 1.76 bits per heavy atom. The van der Waals surface area contributed by atoms with E-state index in [0.717, 1.165) is 36.1 Å². The molecule has 0 spiro atoms. The van der Waals surface area contributed by atoms with E-state index in [2.05, 4.69) is 12.2 Å². The summed E-state index contributed by atoms with van der Waals surface area (Å²) >= 11 is 0. The first-order valence-electron chi connectivity index (χ1n) is 10.2. The van der Waals surface area contributed by atoms with Crippen LogP contribution in [0.5, 0.6) is 5.75 Å². The van der Waals surface area contributed by atoms with Gasteiger partial charge in [0, 0.05) is 18.4 Å². The number of carbonyl (C=O) groups is 1. The average Bonchev–Trinajstić information content (AvgIpc) is 2.75. The third-order valence-electron chi connectivity index (χ3n) is 5.13. The number of aromatic nitrogens is 1. The quantitative estimate of drug-likeness (QED) is 0.535. The van der Waals surface area contributed by atoms with Gasteiger partial charge in [-0.2, -0.15) is 0 Å². The lowest BCUT2D eigenvalue weighted by atomic mass is 10.0. The van der Waals surface area contributed by atoms with Gasteiger partial charge in [-0.1, -0.05) is 44.0 Å². The minimum absolute atomic E-state index is 0.0647. The fraction of sp³-hybridized carbons (Fsp3) is 0.333. The molecule has 1 amide bonds. The van der Waals surface area contributed by atoms with Gasteiger partial charge in [-0.05, 0) is 43.2 Å². The number of methoxy groups -OCH3 is 1. The van der Waals surface area contributed by atoms with Crippen LogP contribution in [-0.2, 0) is 11.3 Å². The zero-order valence-electron chi connectivity index (χ0n) is 17.3. The van der Waals surface area contributed by atoms with E-state index in [1.54, 1.807) is 7.11 Å². The number of anilines is 1. The second-order valence-corrected chi connectivity index (χ2v) is 7.05. The molecule has 0 aliphatic rings. The summed E-state index contributed by atoms with van der Waals surface area (Å²) < 4.78 is 7.26. The second kappa shape index (κ2) is 9.41. The van der Waals surface area contributed by atoms with Crippen molar-refractivity contribution in [3.63, 3.8) is 0 Å². The molecule has 0 atom stereocenters. The molecule has 5 nitrogen and oxygen atoms in total. The molecular weight excluding hydrogens is 364 g/mol. The van der Waals surface area contributed by atoms with Crippen LogP contribution in [0.25, 0.3) is 22.0 Å². The van der Waals surface area contributed by atoms with Crippen molar-refractivity contribution in [1.82, 2.24) is 4.57 Å². The molecule has 0 saturated carbocycles. The number of carbonyl (C=O) groups excluding carboxylic acids is 1. The summed E-state index contributed by atoms with van der Waals surface area (Å²) in [6.45, 7) is 4.76. The van der Waals surface area contributed by atoms with Crippen LogP contribution in [0.15, 0.2) is 53.3 Å². The van der Waals surface area contributed by atoms with Crippen molar-refractivity contribution in [3.8, 4) is 16.9 Å². The maximum Gasteiger partial charge on any atom is 0.225 e. The van der Waals surface area contributed by atoms with Crippen LogP contribution >= 0.6 is 0 Å². The number of fused-ring (bicyclic) bond motifs is 1. The van der Waals surface area contributed by atoms with Crippen molar-refractivity contribution in [3.05, 3.63) is 58.8 Å². The molecule has 1 aromatic heterocycles. The number of amides is 1. The van der Waals surface area contributed by atoms with E-state index in [1.807, 2.05) is 60.0 Å². The van der Waals surface area contributed by atoms with Crippen LogP contribution in [0.3, 0.4) is 0 Å². The molecule has 2 aromatic carbocycles. The topological polar surface area (TPSA) is 60.3 Å². The van der Waals surface area contributed by atoms with Gasteiger partial charge < -0.3 is 14.6 Å². The number of nitrogens with zero attached hydrogens (tertiary/aromatic N) is 1. The highest BCUT2D eigenvalue weighted by atomic mass is 16.5. The summed E-state index contributed by atoms with van der Waals surface area (Å²) in [6.07, 6.45) is 3.35. The van der Waals surface area contributed by atoms with Crippen molar-refractivity contribution in [2.75, 3.05) is 12.4 Å². The molecule has 152 valence electrons. The summed E-state index contributed by atoms with van der Waals surface area (Å²) in [5.41, 5.74) is 2.00. The smallest absolute Gasteiger partial charge is 0.225 e. The number of para-hydroxylation sites is 1. The number of pyridine rings is 1. The maximum absolute atomic E-state index is 13.4. The van der Waals surface area contributed by atoms with Crippen LogP contribution in [0, 0.1) is 0 Å². The van der Waals surface area contributed by atoms with E-state index in [0.29, 0.717) is 29.7 Å². The van der Waals surface area contributed by atoms with Crippen molar-refractivity contribution in [2.24, 2.45) is 0 Å². The summed E-state index contributed by atoms with van der Waals surface area (Å²) in [5.74, 6) is 1.21. The molecule has 1 heterocycles. The lowest BCUT2D eigenvalue weighted by molar-refractivity contribution is -0.116. The molecule has 1 N–H and O–H groups in total. The lowest BCUT2D eigenvalue weighted by Gasteiger charge is -2.20. The highest BCUT2D eigenvalue weighted by molar-refractivity contribution is 5.98. The molecule has 0 saturated heterocycles. The second-order valence-electron chi connectivity index (χ2n) is 7.05. The Balaban J connectivity index is 2.19. The predicted octanol–water partition coefficient (Wildman–Crippen LogP) is 5.22. The summed E-state index contributed by atoms with van der Waals surface area (Å²) in [5, 5.41) is 3.68. The highest BCUT2D eigenvalue weighted by Crippen LogP contribution is 2.30. The Morgan fingerprint density at radius 1 is 1.03 bits per heavy atom. The number of aryl methyl sites for hydroxylation is 1. The van der Waals surface area contributed by atoms with Gasteiger partial charge in [0.1, 0.15) is 11.6 Å². The van der Waals surface area contributed by atoms with E-state index >= 15 is 0 Å². The number of nitrogens with one attached hydrogen (secondary N) is 1. The number of ether oxygens (including phenoxy) is 1. The van der Waals surface area contributed by atoms with Crippen molar-refractivity contribution >= 4 is 22.6 Å². The predicted molar refractivity (Wildman–Crippen MR) is 119 cm³/mol. The van der Waals surface area contributed by atoms with E-state index in [1.165, 1.54) is 0 Å². The number of hydrogen-bond donors (Lipinski definition) is 1. The van der Waals surface area contributed by atoms with Crippen molar-refractivity contribution < 1.29 is 9.53 Å². The van der Waals surface area contributed by atoms with Gasteiger partial charge in [-0.15, -0.1) is 0 Å². The summed E-state index contributed by atoms with van der Waals surface area (Å²) in [6, 6.07) is 14.9. The zero-order valence-corrected chi connectivity index (χ0v) is 17.3. The van der Waals surface area contributed by atoms with Gasteiger partial charge >= 0.3 is 0 Å². The first-order chi connectivity index (χ1) is 14.1. The minimum Gasteiger partial charge on any atom is -0.497 e. The van der Waals surface area contributed by atoms with E-state index < -0.39 is 0 Å². The fourth-order valence-electron chi connectivity index (χ4n) is 3.61. The zero-order chi connectivity index (χ0) is 20.8. The Labute approximate surface area is 171 Å². The van der Waals surface area contributed by atoms with Crippen LogP contribution in [0.2, 0.25) is 0 Å². The van der Waals surface area contributed by atoms with Gasteiger partial charge in [-0.25, -0.2) is 0 Å². The van der Waals surface area contributed by atoms with E-state index in [9.17, 15) is 9.59 Å². The Hall–Kier alpha value is -3.08. The van der Waals surface area contributed by atoms with Crippen LogP contribution in [0.4, 0.5) is 5.82 Å². The van der Waals surface area contributed by atoms with Gasteiger partial charge in [0.25, 0.3) is 0 Å². The molecule has 0 bridgehead atoms. The molecule has 5 heteroatoms. The van der Waals surface area contributed by atoms with Gasteiger partial charge in [0.15, 0.2) is 5.43 Å². The van der Waals surface area contributed by atoms with Gasteiger partial charge in [0.2, 0.25) is 5.91 Å². The molecule has 0 aliphatic carbocycles. The third kappa shape index (κ3) is 4.34. The van der Waals surface area contributed by atoms with Crippen LogP contribution in [0.1, 0.15) is 39.5 Å². The average molecular weight is 392 g/mol. The van der Waals surface area contributed by atoms with Gasteiger partial charge in [0.05, 0.1) is 18.2 Å². The van der Waals surface area contributed by atoms with E-state index in [4.69, 9.17) is 4.74 Å². The molecular formula is C24H28N2O3. The minimum atomic E-state index is -0.0840. The van der Waals surface area contributed by atoms with Crippen molar-refractivity contribution in [2.45, 2.75) is 46.1 Å². The molecule has 0 aliphatic heterocycles. The normalized spacial score (nSPS) is 10.9. The fourth-order valence-corrected chi connectivity index (χ4v) is 3.61. The number of rotatable bonds is 8. The molecule has 0 radical (unpaired) electrons. The molecule has 0 fully saturated rings. The molecule has 29 heavy (non-hydrogen) atoms. The van der Waals surface area contributed by atoms with Gasteiger partial charge in [-0.3, -0.25) is 9.59 Å². The first kappa shape index (κ1) is 20.6. The van der Waals surface area contributed by atoms with Crippen LogP contribution < -0.4 is 15.5 Å². The number of unbranched alkanes of at least 4 members (excludes halogenated alkanes) is 2. The lowest BCUT2D eigenvalue weighted by Crippen LogP contribution is -2.22. The Bertz CT molecular complexity index is 1050. The summed E-state index contributed by atoms with van der Waals surface area (Å²) in [4.78, 5) is 26.1. The first-order valence-corrected chi connectivity index (χ1v) is 10.2. The molecule has 0 unspecified atom stereocenters. The Kier molecular flexibility index (Phi) is 6.70. The number of benzene rings is 2.